The van der Waals surface area contributed by atoms with E-state index in [0.29, 0.717) is 0 Å². The first-order valence-electron chi connectivity index (χ1n) is 6.95. The summed E-state index contributed by atoms with van der Waals surface area (Å²) < 4.78 is 0. The van der Waals surface area contributed by atoms with Gasteiger partial charge in [-0.2, -0.15) is 0 Å². The highest BCUT2D eigenvalue weighted by Gasteiger charge is 1.95. The Morgan fingerprint density at radius 3 is 1.81 bits per heavy atom. The van der Waals surface area contributed by atoms with E-state index >= 15 is 0 Å². The fraction of sp³-hybridized carbons (Fsp3) is 0. The fourth-order valence-electron chi connectivity index (χ4n) is 2.11. The molecule has 0 saturated carbocycles. The van der Waals surface area contributed by atoms with Crippen molar-refractivity contribution in [3.8, 4) is 11.1 Å². The van der Waals surface area contributed by atoms with Crippen LogP contribution in [0, 0.1) is 0 Å². The van der Waals surface area contributed by atoms with Gasteiger partial charge in [-0.1, -0.05) is 84.6 Å². The Kier molecular flexibility index (Phi) is 4.55. The zero-order valence-electron chi connectivity index (χ0n) is 11.6. The van der Waals surface area contributed by atoms with Crippen LogP contribution >= 0.6 is 11.8 Å². The van der Waals surface area contributed by atoms with E-state index in [-0.39, 0.29) is 0 Å². The molecule has 0 bridgehead atoms. The van der Waals surface area contributed by atoms with Crippen LogP contribution in [0.3, 0.4) is 0 Å². The molecular weight excluding hydrogens is 272 g/mol. The fourth-order valence-corrected chi connectivity index (χ4v) is 2.80. The standard InChI is InChI=1S/C20H16S/c1-3-7-18(8-4-1)19-13-11-17(12-14-19)15-16-21-20-9-5-2-6-10-20/h1-16H. The molecule has 0 aliphatic heterocycles. The Labute approximate surface area is 130 Å². The lowest BCUT2D eigenvalue weighted by molar-refractivity contribution is 1.47. The van der Waals surface area contributed by atoms with Crippen LogP contribution in [-0.2, 0) is 0 Å². The van der Waals surface area contributed by atoms with Gasteiger partial charge in [0.1, 0.15) is 0 Å². The van der Waals surface area contributed by atoms with Gasteiger partial charge >= 0.3 is 0 Å². The predicted molar refractivity (Wildman–Crippen MR) is 93.2 cm³/mol. The van der Waals surface area contributed by atoms with E-state index < -0.39 is 0 Å². The summed E-state index contributed by atoms with van der Waals surface area (Å²) in [6.07, 6.45) is 2.15. The summed E-state index contributed by atoms with van der Waals surface area (Å²) in [6.45, 7) is 0. The molecule has 0 saturated heterocycles. The van der Waals surface area contributed by atoms with Crippen LogP contribution in [0.25, 0.3) is 17.2 Å². The topological polar surface area (TPSA) is 0 Å². The monoisotopic (exact) mass is 288 g/mol. The maximum absolute atomic E-state index is 2.17. The van der Waals surface area contributed by atoms with Gasteiger partial charge in [0.15, 0.2) is 0 Å². The van der Waals surface area contributed by atoms with E-state index in [1.807, 2.05) is 12.1 Å². The largest absolute Gasteiger partial charge is 0.0981 e. The maximum atomic E-state index is 2.17. The molecule has 3 rings (SSSR count). The third-order valence-corrected chi connectivity index (χ3v) is 4.04. The van der Waals surface area contributed by atoms with Crippen LogP contribution in [0.5, 0.6) is 0 Å². The summed E-state index contributed by atoms with van der Waals surface area (Å²) in [6, 6.07) is 29.5. The summed E-state index contributed by atoms with van der Waals surface area (Å²) >= 11 is 1.74. The Morgan fingerprint density at radius 1 is 0.571 bits per heavy atom. The average molecular weight is 288 g/mol. The molecule has 0 aliphatic carbocycles. The first-order chi connectivity index (χ1) is 10.4. The molecule has 3 aromatic carbocycles. The first-order valence-corrected chi connectivity index (χ1v) is 7.83. The van der Waals surface area contributed by atoms with E-state index in [4.69, 9.17) is 0 Å². The maximum Gasteiger partial charge on any atom is 0.0116 e. The van der Waals surface area contributed by atoms with Crippen LogP contribution in [0.1, 0.15) is 5.56 Å². The number of hydrogen-bond acceptors (Lipinski definition) is 1. The highest BCUT2D eigenvalue weighted by Crippen LogP contribution is 2.22. The lowest BCUT2D eigenvalue weighted by Crippen LogP contribution is -1.77. The number of rotatable bonds is 4. The summed E-state index contributed by atoms with van der Waals surface area (Å²) in [5.74, 6) is 0. The van der Waals surface area contributed by atoms with Crippen molar-refractivity contribution in [2.45, 2.75) is 4.90 Å². The molecule has 0 atom stereocenters. The van der Waals surface area contributed by atoms with Crippen molar-refractivity contribution in [2.75, 3.05) is 0 Å². The van der Waals surface area contributed by atoms with Crippen LogP contribution in [0.4, 0.5) is 0 Å². The normalized spacial score (nSPS) is 10.9. The minimum absolute atomic E-state index is 1.22. The second kappa shape index (κ2) is 6.96. The van der Waals surface area contributed by atoms with Crippen molar-refractivity contribution in [3.63, 3.8) is 0 Å². The van der Waals surface area contributed by atoms with Gasteiger partial charge in [-0.25, -0.2) is 0 Å². The van der Waals surface area contributed by atoms with Gasteiger partial charge in [-0.15, -0.1) is 0 Å². The first kappa shape index (κ1) is 13.7. The van der Waals surface area contributed by atoms with Gasteiger partial charge in [0.25, 0.3) is 0 Å². The molecular formula is C20H16S. The molecule has 0 amide bonds. The molecule has 1 heteroatoms. The minimum atomic E-state index is 1.22. The van der Waals surface area contributed by atoms with Crippen molar-refractivity contribution in [1.82, 2.24) is 0 Å². The molecule has 0 heterocycles. The third kappa shape index (κ3) is 3.87. The van der Waals surface area contributed by atoms with Gasteiger partial charge in [0, 0.05) is 4.90 Å². The van der Waals surface area contributed by atoms with Crippen LogP contribution < -0.4 is 0 Å². The molecule has 0 aliphatic rings. The highest BCUT2D eigenvalue weighted by atomic mass is 32.2. The van der Waals surface area contributed by atoms with E-state index in [9.17, 15) is 0 Å². The predicted octanol–water partition coefficient (Wildman–Crippen LogP) is 6.12. The third-order valence-electron chi connectivity index (χ3n) is 3.23. The lowest BCUT2D eigenvalue weighted by atomic mass is 10.0. The van der Waals surface area contributed by atoms with E-state index in [1.165, 1.54) is 21.6 Å². The summed E-state index contributed by atoms with van der Waals surface area (Å²) in [4.78, 5) is 1.26. The molecule has 0 spiro atoms. The van der Waals surface area contributed by atoms with E-state index in [1.54, 1.807) is 11.8 Å². The molecule has 0 unspecified atom stereocenters. The van der Waals surface area contributed by atoms with Crippen LogP contribution in [0.2, 0.25) is 0 Å². The van der Waals surface area contributed by atoms with E-state index in [0.717, 1.165) is 0 Å². The number of benzene rings is 3. The summed E-state index contributed by atoms with van der Waals surface area (Å²) in [7, 11) is 0. The molecule has 0 aromatic heterocycles. The van der Waals surface area contributed by atoms with Gasteiger partial charge < -0.3 is 0 Å². The Hall–Kier alpha value is -2.25. The molecule has 102 valence electrons. The second-order valence-electron chi connectivity index (χ2n) is 4.72. The smallest absolute Gasteiger partial charge is 0.0116 e. The van der Waals surface area contributed by atoms with Crippen molar-refractivity contribution in [2.24, 2.45) is 0 Å². The van der Waals surface area contributed by atoms with Crippen molar-refractivity contribution in [1.29, 1.82) is 0 Å². The molecule has 0 fully saturated rings. The van der Waals surface area contributed by atoms with Gasteiger partial charge in [0.05, 0.1) is 0 Å². The zero-order valence-corrected chi connectivity index (χ0v) is 12.5. The number of thioether (sulfide) groups is 1. The summed E-state index contributed by atoms with van der Waals surface area (Å²) in [5, 5.41) is 2.13. The van der Waals surface area contributed by atoms with Gasteiger partial charge in [-0.3, -0.25) is 0 Å². The van der Waals surface area contributed by atoms with Crippen molar-refractivity contribution < 1.29 is 0 Å². The molecule has 0 N–H and O–H groups in total. The van der Waals surface area contributed by atoms with Crippen LogP contribution in [-0.4, -0.2) is 0 Å². The van der Waals surface area contributed by atoms with Crippen LogP contribution in [0.15, 0.2) is 95.2 Å². The molecule has 3 aromatic rings. The SMILES string of the molecule is C(=Cc1ccc(-c2ccccc2)cc1)Sc1ccccc1. The molecule has 0 radical (unpaired) electrons. The van der Waals surface area contributed by atoms with E-state index in [2.05, 4.69) is 84.3 Å². The van der Waals surface area contributed by atoms with Crippen molar-refractivity contribution >= 4 is 17.8 Å². The summed E-state index contributed by atoms with van der Waals surface area (Å²) in [5.41, 5.74) is 3.73. The highest BCUT2D eigenvalue weighted by molar-refractivity contribution is 8.02. The minimum Gasteiger partial charge on any atom is -0.0981 e. The number of hydrogen-bond donors (Lipinski definition) is 0. The Balaban J connectivity index is 1.67. The van der Waals surface area contributed by atoms with Gasteiger partial charge in [0.2, 0.25) is 0 Å². The molecule has 0 nitrogen and oxygen atoms in total. The quantitative estimate of drug-likeness (QED) is 0.521. The molecule has 21 heavy (non-hydrogen) atoms. The second-order valence-corrected chi connectivity index (χ2v) is 5.70. The van der Waals surface area contributed by atoms with Crippen molar-refractivity contribution in [3.05, 3.63) is 95.9 Å². The zero-order chi connectivity index (χ0) is 14.3. The van der Waals surface area contributed by atoms with Gasteiger partial charge in [-0.05, 0) is 40.3 Å². The average Bonchev–Trinajstić information content (AvgIpc) is 2.57. The Bertz CT molecular complexity index is 698. The Morgan fingerprint density at radius 2 is 1.14 bits per heavy atom. The lowest BCUT2D eigenvalue weighted by Gasteiger charge is -2.01.